The maximum atomic E-state index is 6.10. The molecule has 3 rings (SSSR count). The highest BCUT2D eigenvalue weighted by Crippen LogP contribution is 2.32. The van der Waals surface area contributed by atoms with Crippen molar-refractivity contribution in [3.8, 4) is 17.1 Å². The minimum atomic E-state index is 0.286. The molecule has 2 aromatic rings. The molecule has 22 heavy (non-hydrogen) atoms. The van der Waals surface area contributed by atoms with Crippen molar-refractivity contribution in [2.24, 2.45) is 0 Å². The Labute approximate surface area is 135 Å². The van der Waals surface area contributed by atoms with E-state index in [0.717, 1.165) is 43.7 Å². The predicted molar refractivity (Wildman–Crippen MR) is 85.4 cm³/mol. The van der Waals surface area contributed by atoms with Gasteiger partial charge in [-0.1, -0.05) is 23.7 Å². The molecule has 1 aromatic carbocycles. The fourth-order valence-corrected chi connectivity index (χ4v) is 2.76. The molecule has 6 heteroatoms. The molecule has 0 saturated carbocycles. The van der Waals surface area contributed by atoms with Crippen LogP contribution in [0.1, 0.15) is 38.0 Å². The van der Waals surface area contributed by atoms with Crippen molar-refractivity contribution in [1.82, 2.24) is 15.5 Å². The van der Waals surface area contributed by atoms with Gasteiger partial charge in [0, 0.05) is 11.6 Å². The maximum absolute atomic E-state index is 6.10. The molecule has 0 aliphatic carbocycles. The van der Waals surface area contributed by atoms with Gasteiger partial charge in [-0.3, -0.25) is 0 Å². The summed E-state index contributed by atoms with van der Waals surface area (Å²) in [5.41, 5.74) is 0.778. The number of halogens is 1. The van der Waals surface area contributed by atoms with Crippen LogP contribution >= 0.6 is 11.6 Å². The van der Waals surface area contributed by atoms with Crippen molar-refractivity contribution < 1.29 is 9.26 Å². The van der Waals surface area contributed by atoms with Crippen molar-refractivity contribution in [3.05, 3.63) is 29.1 Å². The number of rotatable bonds is 5. The van der Waals surface area contributed by atoms with Gasteiger partial charge in [0.15, 0.2) is 0 Å². The van der Waals surface area contributed by atoms with Gasteiger partial charge in [0.2, 0.25) is 11.7 Å². The van der Waals surface area contributed by atoms with Gasteiger partial charge >= 0.3 is 0 Å². The summed E-state index contributed by atoms with van der Waals surface area (Å²) in [5, 5.41) is 8.11. The second kappa shape index (κ2) is 7.11. The van der Waals surface area contributed by atoms with E-state index in [-0.39, 0.29) is 5.92 Å². The van der Waals surface area contributed by atoms with Gasteiger partial charge in [-0.15, -0.1) is 0 Å². The van der Waals surface area contributed by atoms with Gasteiger partial charge in [0.25, 0.3) is 0 Å². The number of benzene rings is 1. The zero-order chi connectivity index (χ0) is 15.4. The SMILES string of the molecule is CCCOc1ccc(Cl)cc1-c1noc([C@H]2CCCNC2)n1. The molecule has 2 heterocycles. The van der Waals surface area contributed by atoms with Crippen LogP contribution in [0.15, 0.2) is 22.7 Å². The normalized spacial score (nSPS) is 18.4. The number of aromatic nitrogens is 2. The fraction of sp³-hybridized carbons (Fsp3) is 0.500. The van der Waals surface area contributed by atoms with E-state index < -0.39 is 0 Å². The number of hydrogen-bond donors (Lipinski definition) is 1. The summed E-state index contributed by atoms with van der Waals surface area (Å²) in [6, 6.07) is 5.48. The third kappa shape index (κ3) is 3.42. The van der Waals surface area contributed by atoms with E-state index in [1.54, 1.807) is 0 Å². The first-order valence-electron chi connectivity index (χ1n) is 7.75. The summed E-state index contributed by atoms with van der Waals surface area (Å²) >= 11 is 6.10. The smallest absolute Gasteiger partial charge is 0.231 e. The molecule has 1 saturated heterocycles. The van der Waals surface area contributed by atoms with Crippen LogP contribution in [0.5, 0.6) is 5.75 Å². The minimum absolute atomic E-state index is 0.286. The van der Waals surface area contributed by atoms with Gasteiger partial charge in [-0.05, 0) is 44.0 Å². The number of nitrogens with one attached hydrogen (secondary N) is 1. The van der Waals surface area contributed by atoms with Gasteiger partial charge in [-0.2, -0.15) is 4.98 Å². The largest absolute Gasteiger partial charge is 0.493 e. The molecule has 0 radical (unpaired) electrons. The summed E-state index contributed by atoms with van der Waals surface area (Å²) in [6.07, 6.45) is 3.14. The van der Waals surface area contributed by atoms with Crippen LogP contribution in [0.25, 0.3) is 11.4 Å². The average molecular weight is 322 g/mol. The van der Waals surface area contributed by atoms with E-state index in [9.17, 15) is 0 Å². The Morgan fingerprint density at radius 2 is 2.36 bits per heavy atom. The van der Waals surface area contributed by atoms with E-state index >= 15 is 0 Å². The van der Waals surface area contributed by atoms with E-state index in [2.05, 4.69) is 22.4 Å². The Morgan fingerprint density at radius 1 is 1.45 bits per heavy atom. The van der Waals surface area contributed by atoms with Crippen molar-refractivity contribution in [3.63, 3.8) is 0 Å². The molecule has 0 unspecified atom stereocenters. The zero-order valence-electron chi connectivity index (χ0n) is 12.6. The highest BCUT2D eigenvalue weighted by atomic mass is 35.5. The lowest BCUT2D eigenvalue weighted by atomic mass is 10.00. The highest BCUT2D eigenvalue weighted by Gasteiger charge is 2.22. The van der Waals surface area contributed by atoms with E-state index in [1.165, 1.54) is 0 Å². The summed E-state index contributed by atoms with van der Waals surface area (Å²) in [4.78, 5) is 4.56. The monoisotopic (exact) mass is 321 g/mol. The molecule has 1 aromatic heterocycles. The van der Waals surface area contributed by atoms with Crippen LogP contribution < -0.4 is 10.1 Å². The third-order valence-corrected chi connectivity index (χ3v) is 3.97. The molecule has 1 fully saturated rings. The molecule has 1 N–H and O–H groups in total. The summed E-state index contributed by atoms with van der Waals surface area (Å²) in [6.45, 7) is 4.65. The second-order valence-electron chi connectivity index (χ2n) is 5.49. The third-order valence-electron chi connectivity index (χ3n) is 3.73. The van der Waals surface area contributed by atoms with Crippen molar-refractivity contribution >= 4 is 11.6 Å². The van der Waals surface area contributed by atoms with Crippen LogP contribution in [0, 0.1) is 0 Å². The molecule has 0 bridgehead atoms. The molecule has 0 spiro atoms. The van der Waals surface area contributed by atoms with Crippen LogP contribution in [-0.2, 0) is 0 Å². The lowest BCUT2D eigenvalue weighted by molar-refractivity contribution is 0.316. The Morgan fingerprint density at radius 3 is 3.14 bits per heavy atom. The van der Waals surface area contributed by atoms with E-state index in [4.69, 9.17) is 20.9 Å². The molecule has 118 valence electrons. The van der Waals surface area contributed by atoms with Gasteiger partial charge in [0.05, 0.1) is 18.1 Å². The Bertz CT molecular complexity index is 624. The number of piperidine rings is 1. The molecular formula is C16H20ClN3O2. The molecule has 0 amide bonds. The molecular weight excluding hydrogens is 302 g/mol. The Balaban J connectivity index is 1.86. The van der Waals surface area contributed by atoms with Crippen LogP contribution in [0.4, 0.5) is 0 Å². The average Bonchev–Trinajstić information content (AvgIpc) is 3.04. The zero-order valence-corrected chi connectivity index (χ0v) is 13.4. The first kappa shape index (κ1) is 15.3. The molecule has 1 atom stereocenters. The standard InChI is InChI=1S/C16H20ClN3O2/c1-2-8-21-14-6-5-12(17)9-13(14)15-19-16(22-20-15)11-4-3-7-18-10-11/h5-6,9,11,18H,2-4,7-8,10H2,1H3/t11-/m0/s1. The summed E-state index contributed by atoms with van der Waals surface area (Å²) < 4.78 is 11.2. The number of hydrogen-bond acceptors (Lipinski definition) is 5. The number of nitrogens with zero attached hydrogens (tertiary/aromatic N) is 2. The summed E-state index contributed by atoms with van der Waals surface area (Å²) in [5.74, 6) is 2.24. The van der Waals surface area contributed by atoms with Crippen molar-refractivity contribution in [2.45, 2.75) is 32.1 Å². The topological polar surface area (TPSA) is 60.2 Å². The molecule has 5 nitrogen and oxygen atoms in total. The van der Waals surface area contributed by atoms with Crippen LogP contribution in [0.3, 0.4) is 0 Å². The first-order valence-corrected chi connectivity index (χ1v) is 8.12. The Kier molecular flexibility index (Phi) is 4.95. The van der Waals surface area contributed by atoms with Crippen LogP contribution in [-0.4, -0.2) is 29.8 Å². The molecule has 1 aliphatic rings. The molecule has 1 aliphatic heterocycles. The maximum Gasteiger partial charge on any atom is 0.231 e. The summed E-state index contributed by atoms with van der Waals surface area (Å²) in [7, 11) is 0. The first-order chi connectivity index (χ1) is 10.8. The van der Waals surface area contributed by atoms with E-state index in [0.29, 0.717) is 23.3 Å². The Hall–Kier alpha value is -1.59. The van der Waals surface area contributed by atoms with Crippen molar-refractivity contribution in [1.29, 1.82) is 0 Å². The quantitative estimate of drug-likeness (QED) is 0.911. The van der Waals surface area contributed by atoms with Crippen molar-refractivity contribution in [2.75, 3.05) is 19.7 Å². The van der Waals surface area contributed by atoms with Gasteiger partial charge in [0.1, 0.15) is 5.75 Å². The predicted octanol–water partition coefficient (Wildman–Crippen LogP) is 3.65. The highest BCUT2D eigenvalue weighted by molar-refractivity contribution is 6.30. The number of ether oxygens (including phenoxy) is 1. The lowest BCUT2D eigenvalue weighted by Gasteiger charge is -2.18. The second-order valence-corrected chi connectivity index (χ2v) is 5.92. The van der Waals surface area contributed by atoms with Gasteiger partial charge < -0.3 is 14.6 Å². The van der Waals surface area contributed by atoms with Gasteiger partial charge in [-0.25, -0.2) is 0 Å². The fourth-order valence-electron chi connectivity index (χ4n) is 2.59. The van der Waals surface area contributed by atoms with E-state index in [1.807, 2.05) is 18.2 Å². The minimum Gasteiger partial charge on any atom is -0.493 e. The van der Waals surface area contributed by atoms with Crippen LogP contribution in [0.2, 0.25) is 5.02 Å². The lowest BCUT2D eigenvalue weighted by Crippen LogP contribution is -2.28.